The van der Waals surface area contributed by atoms with Crippen LogP contribution in [0.15, 0.2) is 186 Å². The lowest BCUT2D eigenvalue weighted by Gasteiger charge is -2.12. The fraction of sp³-hybridized carbons (Fsp3) is 0. The van der Waals surface area contributed by atoms with Crippen LogP contribution < -0.4 is 0 Å². The molecule has 0 saturated carbocycles. The summed E-state index contributed by atoms with van der Waals surface area (Å²) >= 11 is 0. The van der Waals surface area contributed by atoms with Gasteiger partial charge in [0.15, 0.2) is 11.6 Å². The fourth-order valence-electron chi connectivity index (χ4n) is 7.85. The molecule has 5 heteroatoms. The van der Waals surface area contributed by atoms with Gasteiger partial charge in [-0.25, -0.2) is 4.98 Å². The lowest BCUT2D eigenvalue weighted by molar-refractivity contribution is 0.669. The summed E-state index contributed by atoms with van der Waals surface area (Å²) in [6.45, 7) is 0. The summed E-state index contributed by atoms with van der Waals surface area (Å²) in [5.41, 5.74) is 10.2. The van der Waals surface area contributed by atoms with Gasteiger partial charge in [0, 0.05) is 32.7 Å². The minimum atomic E-state index is 0.570. The van der Waals surface area contributed by atoms with Crippen molar-refractivity contribution < 1.29 is 4.42 Å². The van der Waals surface area contributed by atoms with E-state index in [0.29, 0.717) is 17.6 Å². The number of nitrogens with zero attached hydrogens (tertiary/aromatic N) is 4. The van der Waals surface area contributed by atoms with E-state index in [1.54, 1.807) is 0 Å². The summed E-state index contributed by atoms with van der Waals surface area (Å²) in [6.07, 6.45) is 0. The van der Waals surface area contributed by atoms with Crippen LogP contribution in [0.3, 0.4) is 0 Å². The monoisotopic (exact) mass is 690 g/mol. The van der Waals surface area contributed by atoms with Gasteiger partial charge in [0.05, 0.1) is 11.0 Å². The average Bonchev–Trinajstić information content (AvgIpc) is 3.78. The molecule has 0 saturated heterocycles. The van der Waals surface area contributed by atoms with Gasteiger partial charge in [0.1, 0.15) is 11.2 Å². The first kappa shape index (κ1) is 30.3. The Bertz CT molecular complexity index is 3210. The van der Waals surface area contributed by atoms with Crippen LogP contribution >= 0.6 is 0 Å². The molecule has 5 nitrogen and oxygen atoms in total. The van der Waals surface area contributed by atoms with Gasteiger partial charge in [-0.1, -0.05) is 146 Å². The normalized spacial score (nSPS) is 11.7. The first-order valence-electron chi connectivity index (χ1n) is 18.1. The molecule has 0 aliphatic rings. The Labute approximate surface area is 310 Å². The number of hydrogen-bond acceptors (Lipinski definition) is 4. The van der Waals surface area contributed by atoms with Gasteiger partial charge in [0.25, 0.3) is 0 Å². The van der Waals surface area contributed by atoms with E-state index in [2.05, 4.69) is 150 Å². The van der Waals surface area contributed by atoms with Crippen LogP contribution in [0.2, 0.25) is 0 Å². The lowest BCUT2D eigenvalue weighted by atomic mass is 10.00. The zero-order valence-corrected chi connectivity index (χ0v) is 29.0. The highest BCUT2D eigenvalue weighted by molar-refractivity contribution is 6.11. The van der Waals surface area contributed by atoms with E-state index in [1.165, 1.54) is 5.56 Å². The summed E-state index contributed by atoms with van der Waals surface area (Å²) < 4.78 is 8.58. The van der Waals surface area contributed by atoms with Crippen molar-refractivity contribution in [2.24, 2.45) is 0 Å². The van der Waals surface area contributed by atoms with Crippen molar-refractivity contribution >= 4 is 54.5 Å². The van der Waals surface area contributed by atoms with Crippen LogP contribution in [0.1, 0.15) is 0 Å². The smallest absolute Gasteiger partial charge is 0.238 e. The zero-order chi connectivity index (χ0) is 35.6. The first-order chi connectivity index (χ1) is 26.7. The average molecular weight is 691 g/mol. The number of furan rings is 1. The maximum absolute atomic E-state index is 6.39. The fourth-order valence-corrected chi connectivity index (χ4v) is 7.85. The molecular weight excluding hydrogens is 661 g/mol. The van der Waals surface area contributed by atoms with Crippen molar-refractivity contribution in [1.82, 2.24) is 19.5 Å². The third kappa shape index (κ3) is 4.90. The Morgan fingerprint density at radius 1 is 0.352 bits per heavy atom. The standard InChI is InChI=1S/C49H30N4O/c1-3-12-31(13-4-1)36-23-26-40-42-28-34(24-27-45(42)54-46(40)30-36)35-22-25-39-38-19-9-10-21-43(38)53(44(39)29-35)49-51-47(33-15-5-2-6-16-33)50-48(52-49)41-20-11-17-32-14-7-8-18-37(32)41/h1-30H. The Hall–Kier alpha value is -7.37. The first-order valence-corrected chi connectivity index (χ1v) is 18.1. The molecule has 54 heavy (non-hydrogen) atoms. The van der Waals surface area contributed by atoms with Crippen molar-refractivity contribution in [3.8, 4) is 51.0 Å². The molecular formula is C49H30N4O. The summed E-state index contributed by atoms with van der Waals surface area (Å²) in [6, 6.07) is 63.4. The molecule has 0 unspecified atom stereocenters. The van der Waals surface area contributed by atoms with Crippen molar-refractivity contribution in [3.05, 3.63) is 182 Å². The molecule has 0 N–H and O–H groups in total. The number of hydrogen-bond donors (Lipinski definition) is 0. The molecule has 0 aliphatic carbocycles. The predicted molar refractivity (Wildman–Crippen MR) is 221 cm³/mol. The number of para-hydroxylation sites is 1. The Kier molecular flexibility index (Phi) is 6.79. The van der Waals surface area contributed by atoms with Gasteiger partial charge in [-0.2, -0.15) is 9.97 Å². The molecule has 0 fully saturated rings. The molecule has 252 valence electrons. The Morgan fingerprint density at radius 2 is 0.981 bits per heavy atom. The van der Waals surface area contributed by atoms with Crippen molar-refractivity contribution in [1.29, 1.82) is 0 Å². The zero-order valence-electron chi connectivity index (χ0n) is 29.0. The molecule has 0 amide bonds. The van der Waals surface area contributed by atoms with Crippen LogP contribution in [0, 0.1) is 0 Å². The number of fused-ring (bicyclic) bond motifs is 7. The van der Waals surface area contributed by atoms with Crippen LogP contribution in [0.25, 0.3) is 105 Å². The Balaban J connectivity index is 1.11. The number of rotatable bonds is 5. The van der Waals surface area contributed by atoms with E-state index < -0.39 is 0 Å². The van der Waals surface area contributed by atoms with Crippen molar-refractivity contribution in [2.45, 2.75) is 0 Å². The lowest BCUT2D eigenvalue weighted by Crippen LogP contribution is -2.06. The minimum absolute atomic E-state index is 0.570. The van der Waals surface area contributed by atoms with Gasteiger partial charge in [-0.15, -0.1) is 0 Å². The predicted octanol–water partition coefficient (Wildman–Crippen LogP) is 12.7. The largest absolute Gasteiger partial charge is 0.456 e. The summed E-state index contributed by atoms with van der Waals surface area (Å²) in [5, 5.41) is 6.69. The molecule has 11 aromatic rings. The summed E-state index contributed by atoms with van der Waals surface area (Å²) in [7, 11) is 0. The molecule has 0 radical (unpaired) electrons. The van der Waals surface area contributed by atoms with E-state index in [1.807, 2.05) is 36.4 Å². The number of aromatic nitrogens is 4. The molecule has 0 atom stereocenters. The highest BCUT2D eigenvalue weighted by Crippen LogP contribution is 2.38. The second kappa shape index (κ2) is 12.1. The quantitative estimate of drug-likeness (QED) is 0.180. The molecule has 8 aromatic carbocycles. The maximum atomic E-state index is 6.39. The highest BCUT2D eigenvalue weighted by Gasteiger charge is 2.19. The number of benzene rings is 8. The minimum Gasteiger partial charge on any atom is -0.456 e. The second-order valence-corrected chi connectivity index (χ2v) is 13.6. The third-order valence-electron chi connectivity index (χ3n) is 10.5. The topological polar surface area (TPSA) is 56.7 Å². The van der Waals surface area contributed by atoms with E-state index in [9.17, 15) is 0 Å². The third-order valence-corrected chi connectivity index (χ3v) is 10.5. The molecule has 0 bridgehead atoms. The second-order valence-electron chi connectivity index (χ2n) is 13.6. The molecule has 0 aliphatic heterocycles. The van der Waals surface area contributed by atoms with Gasteiger partial charge in [-0.05, 0) is 69.4 Å². The van der Waals surface area contributed by atoms with Gasteiger partial charge < -0.3 is 4.42 Å². The molecule has 3 aromatic heterocycles. The summed E-state index contributed by atoms with van der Waals surface area (Å²) in [5.74, 6) is 1.82. The van der Waals surface area contributed by atoms with E-state index >= 15 is 0 Å². The van der Waals surface area contributed by atoms with E-state index in [4.69, 9.17) is 19.4 Å². The molecule has 3 heterocycles. The van der Waals surface area contributed by atoms with Crippen molar-refractivity contribution in [3.63, 3.8) is 0 Å². The van der Waals surface area contributed by atoms with Crippen molar-refractivity contribution in [2.75, 3.05) is 0 Å². The van der Waals surface area contributed by atoms with Gasteiger partial charge in [0.2, 0.25) is 5.95 Å². The molecule has 11 rings (SSSR count). The van der Waals surface area contributed by atoms with Crippen LogP contribution in [0.4, 0.5) is 0 Å². The highest BCUT2D eigenvalue weighted by atomic mass is 16.3. The van der Waals surface area contributed by atoms with Gasteiger partial charge in [-0.3, -0.25) is 4.57 Å². The maximum Gasteiger partial charge on any atom is 0.238 e. The summed E-state index contributed by atoms with van der Waals surface area (Å²) in [4.78, 5) is 15.5. The van der Waals surface area contributed by atoms with Crippen LogP contribution in [-0.4, -0.2) is 19.5 Å². The van der Waals surface area contributed by atoms with E-state index in [-0.39, 0.29) is 0 Å². The Morgan fingerprint density at radius 3 is 1.83 bits per heavy atom. The van der Waals surface area contributed by atoms with Crippen LogP contribution in [-0.2, 0) is 0 Å². The van der Waals surface area contributed by atoms with Gasteiger partial charge >= 0.3 is 0 Å². The SMILES string of the molecule is c1ccc(-c2ccc3c(c2)oc2ccc(-c4ccc5c6ccccc6n(-c6nc(-c7ccccc7)nc(-c7cccc8ccccc78)n6)c5c4)cc23)cc1. The van der Waals surface area contributed by atoms with E-state index in [0.717, 1.165) is 82.3 Å². The molecule has 0 spiro atoms. The van der Waals surface area contributed by atoms with Crippen LogP contribution in [0.5, 0.6) is 0 Å².